The molecule has 0 aliphatic carbocycles. The smallest absolute Gasteiger partial charge is 0.223 e. The molecule has 0 aromatic heterocycles. The Morgan fingerprint density at radius 3 is 2.34 bits per heavy atom. The Morgan fingerprint density at radius 1 is 0.906 bits per heavy atom. The molecular weight excluding hydrogens is 424 g/mol. The maximum Gasteiger partial charge on any atom is 0.223 e. The minimum atomic E-state index is 0.264. The molecule has 1 amide bonds. The van der Waals surface area contributed by atoms with Gasteiger partial charge in [-0.05, 0) is 37.3 Å². The van der Waals surface area contributed by atoms with Crippen LogP contribution in [0.2, 0.25) is 5.02 Å². The molecule has 0 radical (unpaired) electrons. The van der Waals surface area contributed by atoms with Crippen molar-refractivity contribution in [1.82, 2.24) is 9.80 Å². The molecule has 4 rings (SSSR count). The van der Waals surface area contributed by atoms with Gasteiger partial charge in [-0.1, -0.05) is 29.8 Å². The number of benzene rings is 2. The Bertz CT molecular complexity index is 893. The molecule has 6 nitrogen and oxygen atoms in total. The molecule has 2 aliphatic rings. The van der Waals surface area contributed by atoms with Crippen molar-refractivity contribution in [3.8, 4) is 5.75 Å². The van der Waals surface area contributed by atoms with Crippen molar-refractivity contribution in [2.24, 2.45) is 0 Å². The number of hydrogen-bond donors (Lipinski definition) is 0. The molecule has 2 aromatic carbocycles. The van der Waals surface area contributed by atoms with Crippen LogP contribution in [-0.2, 0) is 4.79 Å². The van der Waals surface area contributed by atoms with Crippen molar-refractivity contribution in [3.05, 3.63) is 53.6 Å². The van der Waals surface area contributed by atoms with E-state index in [0.717, 1.165) is 75.4 Å². The third kappa shape index (κ3) is 5.67. The zero-order chi connectivity index (χ0) is 22.3. The predicted octanol–water partition coefficient (Wildman–Crippen LogP) is 3.60. The molecule has 7 heteroatoms. The zero-order valence-corrected chi connectivity index (χ0v) is 19.6. The molecule has 0 bridgehead atoms. The summed E-state index contributed by atoms with van der Waals surface area (Å²) in [6.07, 6.45) is 0.590. The highest BCUT2D eigenvalue weighted by Crippen LogP contribution is 2.29. The van der Waals surface area contributed by atoms with Crippen LogP contribution >= 0.6 is 11.6 Å². The molecule has 2 fully saturated rings. The number of hydrogen-bond acceptors (Lipinski definition) is 5. The van der Waals surface area contributed by atoms with Crippen LogP contribution in [0.1, 0.15) is 13.3 Å². The molecule has 172 valence electrons. The summed E-state index contributed by atoms with van der Waals surface area (Å²) >= 11 is 6.12. The van der Waals surface area contributed by atoms with Crippen molar-refractivity contribution < 1.29 is 9.53 Å². The lowest BCUT2D eigenvalue weighted by Gasteiger charge is -2.38. The first-order chi connectivity index (χ1) is 15.6. The topological polar surface area (TPSA) is 39.3 Å². The van der Waals surface area contributed by atoms with Gasteiger partial charge in [0.05, 0.1) is 12.3 Å². The number of amides is 1. The average molecular weight is 457 g/mol. The molecule has 2 aliphatic heterocycles. The Labute approximate surface area is 196 Å². The van der Waals surface area contributed by atoms with Crippen LogP contribution in [0, 0.1) is 0 Å². The van der Waals surface area contributed by atoms with E-state index in [-0.39, 0.29) is 5.91 Å². The highest BCUT2D eigenvalue weighted by molar-refractivity contribution is 6.30. The summed E-state index contributed by atoms with van der Waals surface area (Å²) in [5, 5.41) is 0.752. The van der Waals surface area contributed by atoms with E-state index in [9.17, 15) is 4.79 Å². The molecule has 0 atom stereocenters. The van der Waals surface area contributed by atoms with E-state index in [1.54, 1.807) is 0 Å². The van der Waals surface area contributed by atoms with Gasteiger partial charge in [0, 0.05) is 76.0 Å². The number of halogens is 1. The van der Waals surface area contributed by atoms with Crippen molar-refractivity contribution in [3.63, 3.8) is 0 Å². The molecule has 2 saturated heterocycles. The number of carbonyl (C=O) groups is 1. The Hall–Kier alpha value is -2.44. The van der Waals surface area contributed by atoms with Crippen molar-refractivity contribution >= 4 is 28.9 Å². The highest BCUT2D eigenvalue weighted by Gasteiger charge is 2.24. The van der Waals surface area contributed by atoms with E-state index in [1.807, 2.05) is 42.2 Å². The Morgan fingerprint density at radius 2 is 1.62 bits per heavy atom. The molecule has 0 saturated carbocycles. The lowest BCUT2D eigenvalue weighted by Crippen LogP contribution is -2.50. The van der Waals surface area contributed by atoms with Gasteiger partial charge >= 0.3 is 0 Å². The van der Waals surface area contributed by atoms with Gasteiger partial charge in [-0.3, -0.25) is 9.69 Å². The van der Waals surface area contributed by atoms with Crippen LogP contribution in [0.25, 0.3) is 0 Å². The van der Waals surface area contributed by atoms with E-state index in [1.165, 1.54) is 5.69 Å². The van der Waals surface area contributed by atoms with Crippen LogP contribution in [0.4, 0.5) is 11.4 Å². The van der Waals surface area contributed by atoms with Gasteiger partial charge < -0.3 is 19.4 Å². The summed E-state index contributed by atoms with van der Waals surface area (Å²) in [4.78, 5) is 21.9. The monoisotopic (exact) mass is 456 g/mol. The molecule has 32 heavy (non-hydrogen) atoms. The number of rotatable bonds is 7. The number of anilines is 2. The largest absolute Gasteiger partial charge is 0.492 e. The summed E-state index contributed by atoms with van der Waals surface area (Å²) in [5.74, 6) is 1.22. The van der Waals surface area contributed by atoms with Gasteiger partial charge in [0.2, 0.25) is 5.91 Å². The number of nitrogens with zero attached hydrogens (tertiary/aromatic N) is 4. The van der Waals surface area contributed by atoms with Gasteiger partial charge in [0.1, 0.15) is 5.75 Å². The molecule has 0 N–H and O–H groups in total. The maximum atomic E-state index is 12.8. The van der Waals surface area contributed by atoms with Crippen molar-refractivity contribution in [1.29, 1.82) is 0 Å². The molecule has 0 spiro atoms. The van der Waals surface area contributed by atoms with E-state index in [2.05, 4.69) is 32.9 Å². The van der Waals surface area contributed by atoms with E-state index in [4.69, 9.17) is 16.3 Å². The minimum absolute atomic E-state index is 0.264. The van der Waals surface area contributed by atoms with E-state index in [0.29, 0.717) is 13.0 Å². The maximum absolute atomic E-state index is 12.8. The quantitative estimate of drug-likeness (QED) is 0.636. The van der Waals surface area contributed by atoms with Crippen molar-refractivity contribution in [2.45, 2.75) is 13.3 Å². The van der Waals surface area contributed by atoms with Gasteiger partial charge in [0.15, 0.2) is 0 Å². The Kier molecular flexibility index (Phi) is 7.76. The SMILES string of the molecule is CCOc1ccccc1N1CCN(CCC(=O)N2CCN(c3cccc(Cl)c3)CC2)CC1. The number of ether oxygens (including phenoxy) is 1. The van der Waals surface area contributed by atoms with Gasteiger partial charge in [-0.15, -0.1) is 0 Å². The molecule has 2 aromatic rings. The summed E-state index contributed by atoms with van der Waals surface area (Å²) < 4.78 is 5.79. The van der Waals surface area contributed by atoms with Gasteiger partial charge in [-0.25, -0.2) is 0 Å². The second-order valence-corrected chi connectivity index (χ2v) is 8.76. The van der Waals surface area contributed by atoms with Crippen LogP contribution in [0.5, 0.6) is 5.75 Å². The second-order valence-electron chi connectivity index (χ2n) is 8.33. The Balaban J connectivity index is 1.20. The fourth-order valence-electron chi connectivity index (χ4n) is 4.51. The zero-order valence-electron chi connectivity index (χ0n) is 18.9. The fraction of sp³-hybridized carbons (Fsp3) is 0.480. The van der Waals surface area contributed by atoms with Crippen LogP contribution in [-0.4, -0.2) is 81.2 Å². The lowest BCUT2D eigenvalue weighted by molar-refractivity contribution is -0.131. The number of para-hydroxylation sites is 2. The first kappa shape index (κ1) is 22.7. The van der Waals surface area contributed by atoms with Crippen LogP contribution in [0.15, 0.2) is 48.5 Å². The molecule has 2 heterocycles. The molecular formula is C25H33ClN4O2. The first-order valence-electron chi connectivity index (χ1n) is 11.6. The predicted molar refractivity (Wildman–Crippen MR) is 131 cm³/mol. The molecule has 0 unspecified atom stereocenters. The summed E-state index contributed by atoms with van der Waals surface area (Å²) in [6.45, 7) is 10.6. The van der Waals surface area contributed by atoms with Crippen molar-refractivity contribution in [2.75, 3.05) is 75.3 Å². The summed E-state index contributed by atoms with van der Waals surface area (Å²) in [7, 11) is 0. The summed E-state index contributed by atoms with van der Waals surface area (Å²) in [6, 6.07) is 16.2. The highest BCUT2D eigenvalue weighted by atomic mass is 35.5. The normalized spacial score (nSPS) is 17.5. The minimum Gasteiger partial charge on any atom is -0.492 e. The standard InChI is InChI=1S/C25H33ClN4O2/c1-2-32-24-9-4-3-8-23(24)29-14-12-27(13-15-29)11-10-25(31)30-18-16-28(17-19-30)22-7-5-6-21(26)20-22/h3-9,20H,2,10-19H2,1H3. The van der Waals surface area contributed by atoms with E-state index < -0.39 is 0 Å². The van der Waals surface area contributed by atoms with Gasteiger partial charge in [0.25, 0.3) is 0 Å². The van der Waals surface area contributed by atoms with E-state index >= 15 is 0 Å². The summed E-state index contributed by atoms with van der Waals surface area (Å²) in [5.41, 5.74) is 2.30. The lowest BCUT2D eigenvalue weighted by atomic mass is 10.2. The third-order valence-electron chi connectivity index (χ3n) is 6.33. The van der Waals surface area contributed by atoms with Crippen LogP contribution in [0.3, 0.4) is 0 Å². The second kappa shape index (κ2) is 10.9. The van der Waals surface area contributed by atoms with Gasteiger partial charge in [-0.2, -0.15) is 0 Å². The van der Waals surface area contributed by atoms with Crippen LogP contribution < -0.4 is 14.5 Å². The first-order valence-corrected chi connectivity index (χ1v) is 12.0. The average Bonchev–Trinajstić information content (AvgIpc) is 2.84. The third-order valence-corrected chi connectivity index (χ3v) is 6.56. The number of carbonyl (C=O) groups excluding carboxylic acids is 1. The fourth-order valence-corrected chi connectivity index (χ4v) is 4.69. The number of piperazine rings is 2.